The maximum atomic E-state index is 13.1. The number of carbonyl (C=O) groups is 1. The van der Waals surface area contributed by atoms with Crippen molar-refractivity contribution in [2.75, 3.05) is 14.1 Å². The first kappa shape index (κ1) is 17.7. The number of hydrogen-bond donors (Lipinski definition) is 1. The van der Waals surface area contributed by atoms with Crippen LogP contribution < -0.4 is 5.32 Å². The van der Waals surface area contributed by atoms with E-state index in [2.05, 4.69) is 48.6 Å². The summed E-state index contributed by atoms with van der Waals surface area (Å²) in [5.41, 5.74) is 6.34. The lowest BCUT2D eigenvalue weighted by molar-refractivity contribution is 0.0951. The molecule has 27 heavy (non-hydrogen) atoms. The Morgan fingerprint density at radius 3 is 2.56 bits per heavy atom. The fourth-order valence-corrected chi connectivity index (χ4v) is 3.87. The van der Waals surface area contributed by atoms with Crippen molar-refractivity contribution in [1.82, 2.24) is 15.2 Å². The summed E-state index contributed by atoms with van der Waals surface area (Å²) in [5, 5.41) is 4.08. The Morgan fingerprint density at radius 1 is 1.04 bits per heavy atom. The summed E-state index contributed by atoms with van der Waals surface area (Å²) in [5.74, 6) is 0.00381. The van der Waals surface area contributed by atoms with Crippen molar-refractivity contribution < 1.29 is 4.79 Å². The van der Waals surface area contributed by atoms with Crippen molar-refractivity contribution in [3.63, 3.8) is 0 Å². The molecule has 4 rings (SSSR count). The van der Waals surface area contributed by atoms with Gasteiger partial charge < -0.3 is 10.2 Å². The van der Waals surface area contributed by atoms with Gasteiger partial charge in [-0.3, -0.25) is 9.78 Å². The number of aryl methyl sites for hydroxylation is 1. The molecule has 2 aromatic carbocycles. The van der Waals surface area contributed by atoms with E-state index in [0.29, 0.717) is 6.54 Å². The van der Waals surface area contributed by atoms with Gasteiger partial charge in [-0.05, 0) is 56.1 Å². The van der Waals surface area contributed by atoms with Crippen molar-refractivity contribution in [2.24, 2.45) is 0 Å². The summed E-state index contributed by atoms with van der Waals surface area (Å²) in [6, 6.07) is 16.4. The number of fused-ring (bicyclic) bond motifs is 2. The first-order valence-electron chi connectivity index (χ1n) is 9.53. The van der Waals surface area contributed by atoms with Crippen LogP contribution in [-0.2, 0) is 25.9 Å². The van der Waals surface area contributed by atoms with Crippen LogP contribution in [0.2, 0.25) is 0 Å². The Kier molecular flexibility index (Phi) is 4.90. The monoisotopic (exact) mass is 359 g/mol. The summed E-state index contributed by atoms with van der Waals surface area (Å²) in [7, 11) is 4.12. The van der Waals surface area contributed by atoms with Crippen molar-refractivity contribution in [2.45, 2.75) is 32.4 Å². The summed E-state index contributed by atoms with van der Waals surface area (Å²) < 4.78 is 0. The lowest BCUT2D eigenvalue weighted by Crippen LogP contribution is -2.24. The molecule has 0 spiro atoms. The number of aromatic nitrogens is 1. The van der Waals surface area contributed by atoms with Gasteiger partial charge in [0.1, 0.15) is 0 Å². The van der Waals surface area contributed by atoms with E-state index in [1.54, 1.807) is 0 Å². The summed E-state index contributed by atoms with van der Waals surface area (Å²) in [6.45, 7) is 1.45. The molecule has 1 amide bonds. The zero-order valence-electron chi connectivity index (χ0n) is 16.0. The maximum absolute atomic E-state index is 13.1. The van der Waals surface area contributed by atoms with Crippen molar-refractivity contribution in [1.29, 1.82) is 0 Å². The Morgan fingerprint density at radius 2 is 1.78 bits per heavy atom. The molecule has 3 aromatic rings. The number of hydrogen-bond acceptors (Lipinski definition) is 3. The van der Waals surface area contributed by atoms with E-state index >= 15 is 0 Å². The highest BCUT2D eigenvalue weighted by atomic mass is 16.1. The predicted octanol–water partition coefficient (Wildman–Crippen LogP) is 3.72. The van der Waals surface area contributed by atoms with E-state index in [1.807, 2.05) is 24.3 Å². The van der Waals surface area contributed by atoms with Gasteiger partial charge in [-0.15, -0.1) is 0 Å². The number of para-hydroxylation sites is 1. The molecule has 0 unspecified atom stereocenters. The third-order valence-electron chi connectivity index (χ3n) is 5.12. The van der Waals surface area contributed by atoms with Gasteiger partial charge in [0.15, 0.2) is 0 Å². The summed E-state index contributed by atoms with van der Waals surface area (Å²) >= 11 is 0. The van der Waals surface area contributed by atoms with E-state index in [1.165, 1.54) is 5.56 Å². The van der Waals surface area contributed by atoms with Crippen molar-refractivity contribution >= 4 is 16.8 Å². The molecule has 1 N–H and O–H groups in total. The standard InChI is InChI=1S/C23H25N3O/c1-26(2)15-17-12-10-16(11-13-17)14-24-23(27)22-18-6-3-4-8-20(18)25-21-9-5-7-19(21)22/h3-4,6,8,10-13H,5,7,9,14-15H2,1-2H3,(H,24,27). The molecule has 4 heteroatoms. The first-order valence-corrected chi connectivity index (χ1v) is 9.53. The highest BCUT2D eigenvalue weighted by Crippen LogP contribution is 2.29. The highest BCUT2D eigenvalue weighted by molar-refractivity contribution is 6.07. The van der Waals surface area contributed by atoms with Gasteiger partial charge in [0.25, 0.3) is 5.91 Å². The second-order valence-corrected chi connectivity index (χ2v) is 7.52. The fraction of sp³-hybridized carbons (Fsp3) is 0.304. The van der Waals surface area contributed by atoms with Gasteiger partial charge in [-0.2, -0.15) is 0 Å². The Labute approximate surface area is 160 Å². The third-order valence-corrected chi connectivity index (χ3v) is 5.12. The molecule has 1 aliphatic carbocycles. The Hall–Kier alpha value is -2.72. The molecule has 0 fully saturated rings. The molecule has 1 heterocycles. The Bertz CT molecular complexity index is 977. The molecule has 1 aliphatic rings. The van der Waals surface area contributed by atoms with Gasteiger partial charge in [-0.25, -0.2) is 0 Å². The van der Waals surface area contributed by atoms with Crippen LogP contribution in [-0.4, -0.2) is 29.9 Å². The minimum Gasteiger partial charge on any atom is -0.348 e. The number of amides is 1. The van der Waals surface area contributed by atoms with E-state index < -0.39 is 0 Å². The van der Waals surface area contributed by atoms with Gasteiger partial charge in [-0.1, -0.05) is 42.5 Å². The second-order valence-electron chi connectivity index (χ2n) is 7.52. The zero-order chi connectivity index (χ0) is 18.8. The van der Waals surface area contributed by atoms with E-state index in [-0.39, 0.29) is 5.91 Å². The molecule has 0 saturated heterocycles. The SMILES string of the molecule is CN(C)Cc1ccc(CNC(=O)c2c3c(nc4ccccc24)CCC3)cc1. The molecular formula is C23H25N3O. The lowest BCUT2D eigenvalue weighted by Gasteiger charge is -2.13. The van der Waals surface area contributed by atoms with Crippen LogP contribution in [0.5, 0.6) is 0 Å². The number of pyridine rings is 1. The minimum absolute atomic E-state index is 0.00381. The van der Waals surface area contributed by atoms with Gasteiger partial charge >= 0.3 is 0 Å². The van der Waals surface area contributed by atoms with Gasteiger partial charge in [0, 0.05) is 24.2 Å². The Balaban J connectivity index is 1.55. The van der Waals surface area contributed by atoms with Crippen LogP contribution in [0.25, 0.3) is 10.9 Å². The van der Waals surface area contributed by atoms with Crippen LogP contribution in [0.4, 0.5) is 0 Å². The van der Waals surface area contributed by atoms with Gasteiger partial charge in [0.05, 0.1) is 11.1 Å². The number of rotatable bonds is 5. The lowest BCUT2D eigenvalue weighted by atomic mass is 10.0. The highest BCUT2D eigenvalue weighted by Gasteiger charge is 2.23. The van der Waals surface area contributed by atoms with Crippen LogP contribution in [0, 0.1) is 0 Å². The van der Waals surface area contributed by atoms with Crippen LogP contribution >= 0.6 is 0 Å². The largest absolute Gasteiger partial charge is 0.348 e. The second kappa shape index (κ2) is 7.49. The van der Waals surface area contributed by atoms with Gasteiger partial charge in [0.2, 0.25) is 0 Å². The summed E-state index contributed by atoms with van der Waals surface area (Å²) in [6.07, 6.45) is 2.98. The quantitative estimate of drug-likeness (QED) is 0.755. The molecule has 0 bridgehead atoms. The number of carbonyl (C=O) groups excluding carboxylic acids is 1. The number of nitrogens with zero attached hydrogens (tertiary/aromatic N) is 2. The molecule has 0 saturated carbocycles. The molecule has 4 nitrogen and oxygen atoms in total. The first-order chi connectivity index (χ1) is 13.1. The van der Waals surface area contributed by atoms with E-state index in [0.717, 1.165) is 59.1 Å². The fourth-order valence-electron chi connectivity index (χ4n) is 3.87. The van der Waals surface area contributed by atoms with Crippen LogP contribution in [0.15, 0.2) is 48.5 Å². The molecule has 0 aliphatic heterocycles. The topological polar surface area (TPSA) is 45.2 Å². The molecule has 0 radical (unpaired) electrons. The van der Waals surface area contributed by atoms with Crippen molar-refractivity contribution in [3.05, 3.63) is 76.5 Å². The smallest absolute Gasteiger partial charge is 0.252 e. The maximum Gasteiger partial charge on any atom is 0.252 e. The molecule has 138 valence electrons. The van der Waals surface area contributed by atoms with Crippen LogP contribution in [0.3, 0.4) is 0 Å². The van der Waals surface area contributed by atoms with Crippen molar-refractivity contribution in [3.8, 4) is 0 Å². The average Bonchev–Trinajstić information content (AvgIpc) is 3.12. The third kappa shape index (κ3) is 3.71. The number of benzene rings is 2. The molecule has 0 atom stereocenters. The van der Waals surface area contributed by atoms with E-state index in [4.69, 9.17) is 4.98 Å². The average molecular weight is 359 g/mol. The molecule has 1 aromatic heterocycles. The summed E-state index contributed by atoms with van der Waals surface area (Å²) in [4.78, 5) is 20.0. The minimum atomic E-state index is 0.00381. The predicted molar refractivity (Wildman–Crippen MR) is 109 cm³/mol. The van der Waals surface area contributed by atoms with E-state index in [9.17, 15) is 4.79 Å². The normalized spacial score (nSPS) is 13.1. The van der Waals surface area contributed by atoms with Crippen LogP contribution in [0.1, 0.15) is 39.2 Å². The molecular weight excluding hydrogens is 334 g/mol. The zero-order valence-corrected chi connectivity index (χ0v) is 16.0. The number of nitrogens with one attached hydrogen (secondary N) is 1.